The molecule has 2 aliphatic rings. The highest BCUT2D eigenvalue weighted by Gasteiger charge is 2.56. The molecule has 0 aliphatic heterocycles. The predicted octanol–water partition coefficient (Wildman–Crippen LogP) is 1.40. The number of aliphatic carboxylic acids is 2. The van der Waals surface area contributed by atoms with E-state index in [1.54, 1.807) is 6.08 Å². The lowest BCUT2D eigenvalue weighted by molar-refractivity contribution is -0.154. The molecule has 0 spiro atoms. The van der Waals surface area contributed by atoms with E-state index in [9.17, 15) is 9.59 Å². The van der Waals surface area contributed by atoms with Gasteiger partial charge < -0.3 is 10.2 Å². The lowest BCUT2D eigenvalue weighted by atomic mass is 9.83. The fourth-order valence-corrected chi connectivity index (χ4v) is 3.19. The van der Waals surface area contributed by atoms with Crippen LogP contribution in [0.5, 0.6) is 0 Å². The van der Waals surface area contributed by atoms with Crippen molar-refractivity contribution in [3.8, 4) is 0 Å². The van der Waals surface area contributed by atoms with E-state index >= 15 is 0 Å². The van der Waals surface area contributed by atoms with E-state index < -0.39 is 23.8 Å². The van der Waals surface area contributed by atoms with Gasteiger partial charge >= 0.3 is 11.9 Å². The number of hydrogen-bond donors (Lipinski definition) is 2. The van der Waals surface area contributed by atoms with Crippen molar-refractivity contribution in [3.63, 3.8) is 0 Å². The van der Waals surface area contributed by atoms with Gasteiger partial charge in [-0.3, -0.25) is 9.59 Å². The third-order valence-corrected chi connectivity index (χ3v) is 3.77. The molecule has 0 aromatic carbocycles. The third-order valence-electron chi connectivity index (χ3n) is 3.77. The molecule has 2 N–H and O–H groups in total. The van der Waals surface area contributed by atoms with Crippen molar-refractivity contribution in [1.29, 1.82) is 0 Å². The summed E-state index contributed by atoms with van der Waals surface area (Å²) in [6, 6.07) is 0. The Morgan fingerprint density at radius 3 is 1.88 bits per heavy atom. The second kappa shape index (κ2) is 3.77. The molecule has 0 amide bonds. The molecule has 2 bridgehead atoms. The zero-order chi connectivity index (χ0) is 11.9. The SMILES string of the molecule is C=CCC1C2C=CC1C(C(=O)O)C2C(=O)O. The van der Waals surface area contributed by atoms with Gasteiger partial charge in [0.05, 0.1) is 11.8 Å². The van der Waals surface area contributed by atoms with Crippen LogP contribution in [0.4, 0.5) is 0 Å². The minimum Gasteiger partial charge on any atom is -0.481 e. The van der Waals surface area contributed by atoms with E-state index in [2.05, 4.69) is 6.58 Å². The highest BCUT2D eigenvalue weighted by molar-refractivity contribution is 5.82. The van der Waals surface area contributed by atoms with Gasteiger partial charge in [-0.15, -0.1) is 6.58 Å². The minimum atomic E-state index is -1.00. The Morgan fingerprint density at radius 1 is 1.12 bits per heavy atom. The summed E-state index contributed by atoms with van der Waals surface area (Å²) >= 11 is 0. The van der Waals surface area contributed by atoms with Crippen LogP contribution in [0.15, 0.2) is 24.8 Å². The molecule has 0 heterocycles. The van der Waals surface area contributed by atoms with Crippen molar-refractivity contribution in [2.75, 3.05) is 0 Å². The summed E-state index contributed by atoms with van der Waals surface area (Å²) in [6.07, 6.45) is 6.13. The van der Waals surface area contributed by atoms with Crippen LogP contribution in [0.2, 0.25) is 0 Å². The second-order valence-electron chi connectivity index (χ2n) is 4.46. The van der Waals surface area contributed by atoms with Crippen molar-refractivity contribution in [1.82, 2.24) is 0 Å². The smallest absolute Gasteiger partial charge is 0.308 e. The Morgan fingerprint density at radius 2 is 1.56 bits per heavy atom. The van der Waals surface area contributed by atoms with E-state index in [-0.39, 0.29) is 17.8 Å². The van der Waals surface area contributed by atoms with Crippen LogP contribution in [-0.4, -0.2) is 22.2 Å². The van der Waals surface area contributed by atoms with Crippen molar-refractivity contribution in [2.24, 2.45) is 29.6 Å². The quantitative estimate of drug-likeness (QED) is 0.705. The molecule has 2 aliphatic carbocycles. The predicted molar refractivity (Wildman–Crippen MR) is 56.7 cm³/mol. The van der Waals surface area contributed by atoms with Crippen LogP contribution in [-0.2, 0) is 9.59 Å². The number of allylic oxidation sites excluding steroid dienone is 3. The van der Waals surface area contributed by atoms with Crippen molar-refractivity contribution in [2.45, 2.75) is 6.42 Å². The zero-order valence-electron chi connectivity index (χ0n) is 8.74. The highest BCUT2D eigenvalue weighted by Crippen LogP contribution is 2.53. The molecule has 4 nitrogen and oxygen atoms in total. The van der Waals surface area contributed by atoms with Gasteiger partial charge in [0.1, 0.15) is 0 Å². The molecule has 1 fully saturated rings. The molecular weight excluding hydrogens is 208 g/mol. The van der Waals surface area contributed by atoms with Gasteiger partial charge in [-0.25, -0.2) is 0 Å². The zero-order valence-corrected chi connectivity index (χ0v) is 8.74. The number of carboxylic acids is 2. The summed E-state index contributed by atoms with van der Waals surface area (Å²) in [5.74, 6) is -3.77. The summed E-state index contributed by atoms with van der Waals surface area (Å²) < 4.78 is 0. The maximum atomic E-state index is 11.1. The maximum absolute atomic E-state index is 11.1. The van der Waals surface area contributed by atoms with Crippen LogP contribution in [0.1, 0.15) is 6.42 Å². The van der Waals surface area contributed by atoms with Crippen LogP contribution in [0.25, 0.3) is 0 Å². The molecule has 4 unspecified atom stereocenters. The first kappa shape index (κ1) is 10.9. The topological polar surface area (TPSA) is 74.6 Å². The Balaban J connectivity index is 2.33. The van der Waals surface area contributed by atoms with Crippen molar-refractivity contribution >= 4 is 11.9 Å². The summed E-state index contributed by atoms with van der Waals surface area (Å²) in [7, 11) is 0. The number of carboxylic acid groups (broad SMARTS) is 2. The second-order valence-corrected chi connectivity index (χ2v) is 4.46. The first-order valence-corrected chi connectivity index (χ1v) is 5.32. The van der Waals surface area contributed by atoms with E-state index in [4.69, 9.17) is 10.2 Å². The summed E-state index contributed by atoms with van der Waals surface area (Å²) in [5.41, 5.74) is 0. The first-order chi connectivity index (χ1) is 7.57. The fourth-order valence-electron chi connectivity index (χ4n) is 3.19. The lowest BCUT2D eigenvalue weighted by Crippen LogP contribution is -2.32. The Kier molecular flexibility index (Phi) is 2.58. The van der Waals surface area contributed by atoms with Crippen molar-refractivity contribution < 1.29 is 19.8 Å². The van der Waals surface area contributed by atoms with Gasteiger partial charge in [0.25, 0.3) is 0 Å². The number of rotatable bonds is 4. The summed E-state index contributed by atoms with van der Waals surface area (Å²) in [5, 5.41) is 18.2. The summed E-state index contributed by atoms with van der Waals surface area (Å²) in [6.45, 7) is 3.64. The molecule has 0 aromatic rings. The van der Waals surface area contributed by atoms with Gasteiger partial charge in [0.15, 0.2) is 0 Å². The van der Waals surface area contributed by atoms with E-state index in [0.29, 0.717) is 6.42 Å². The molecule has 4 atom stereocenters. The molecular formula is C12H14O4. The fraction of sp³-hybridized carbons (Fsp3) is 0.500. The minimum absolute atomic E-state index is 0.0969. The largest absolute Gasteiger partial charge is 0.481 e. The highest BCUT2D eigenvalue weighted by atomic mass is 16.4. The molecule has 1 saturated carbocycles. The summed E-state index contributed by atoms with van der Waals surface area (Å²) in [4.78, 5) is 22.3. The molecule has 2 rings (SSSR count). The van der Waals surface area contributed by atoms with Crippen LogP contribution >= 0.6 is 0 Å². The van der Waals surface area contributed by atoms with E-state index in [0.717, 1.165) is 0 Å². The van der Waals surface area contributed by atoms with Gasteiger partial charge in [-0.2, -0.15) is 0 Å². The van der Waals surface area contributed by atoms with E-state index in [1.807, 2.05) is 12.2 Å². The Bertz CT molecular complexity index is 341. The van der Waals surface area contributed by atoms with Crippen molar-refractivity contribution in [3.05, 3.63) is 24.8 Å². The monoisotopic (exact) mass is 222 g/mol. The average Bonchev–Trinajstić information content (AvgIpc) is 2.73. The normalized spacial score (nSPS) is 39.9. The van der Waals surface area contributed by atoms with Gasteiger partial charge in [0, 0.05) is 0 Å². The van der Waals surface area contributed by atoms with Crippen LogP contribution in [0, 0.1) is 29.6 Å². The first-order valence-electron chi connectivity index (χ1n) is 5.32. The van der Waals surface area contributed by atoms with Gasteiger partial charge in [-0.1, -0.05) is 18.2 Å². The molecule has 16 heavy (non-hydrogen) atoms. The number of fused-ring (bicyclic) bond motifs is 2. The average molecular weight is 222 g/mol. The lowest BCUT2D eigenvalue weighted by Gasteiger charge is -2.20. The molecule has 0 aromatic heterocycles. The molecule has 4 heteroatoms. The van der Waals surface area contributed by atoms with Gasteiger partial charge in [-0.05, 0) is 24.2 Å². The van der Waals surface area contributed by atoms with Crippen LogP contribution in [0.3, 0.4) is 0 Å². The molecule has 86 valence electrons. The maximum Gasteiger partial charge on any atom is 0.308 e. The molecule has 0 radical (unpaired) electrons. The number of hydrogen-bond acceptors (Lipinski definition) is 2. The van der Waals surface area contributed by atoms with Gasteiger partial charge in [0.2, 0.25) is 0 Å². The number of carbonyl (C=O) groups is 2. The van der Waals surface area contributed by atoms with E-state index in [1.165, 1.54) is 0 Å². The third kappa shape index (κ3) is 1.37. The standard InChI is InChI=1S/C12H14O4/c1-2-3-6-7-4-5-8(6)10(12(15)16)9(7)11(13)14/h2,4-10H,1,3H2,(H,13,14)(H,15,16). The van der Waals surface area contributed by atoms with Crippen LogP contribution < -0.4 is 0 Å². The molecule has 0 saturated heterocycles. The Labute approximate surface area is 93.3 Å². The Hall–Kier alpha value is -1.58.